The molecule has 0 aliphatic heterocycles. The lowest BCUT2D eigenvalue weighted by atomic mass is 10.1. The molecule has 3 N–H and O–H groups in total. The van der Waals surface area contributed by atoms with Crippen LogP contribution in [0.1, 0.15) is 31.9 Å². The van der Waals surface area contributed by atoms with Crippen LogP contribution >= 0.6 is 12.2 Å². The first-order valence-electron chi connectivity index (χ1n) is 5.49. The number of benzene rings is 1. The number of sulfonamides is 1. The van der Waals surface area contributed by atoms with Gasteiger partial charge in [0.15, 0.2) is 0 Å². The van der Waals surface area contributed by atoms with Crippen LogP contribution in [0.25, 0.3) is 0 Å². The number of hydrogen-bond donors (Lipinski definition) is 2. The normalized spacial score (nSPS) is 12.4. The van der Waals surface area contributed by atoms with Crippen molar-refractivity contribution in [1.29, 1.82) is 0 Å². The van der Waals surface area contributed by atoms with Crippen molar-refractivity contribution in [1.82, 2.24) is 4.72 Å². The molecular weight excluding hydrogens is 268 g/mol. The summed E-state index contributed by atoms with van der Waals surface area (Å²) in [6.07, 6.45) is 0. The molecule has 1 aromatic rings. The summed E-state index contributed by atoms with van der Waals surface area (Å²) in [5.41, 5.74) is 6.43. The standard InChI is InChI=1S/C12H18N2O2S2/c1-12(2,3)14-18(15,16)8-9-4-6-10(7-5-9)11(13)17/h4-7,14H,8H2,1-3H3,(H2,13,17). The van der Waals surface area contributed by atoms with Crippen molar-refractivity contribution in [2.75, 3.05) is 0 Å². The molecule has 18 heavy (non-hydrogen) atoms. The summed E-state index contributed by atoms with van der Waals surface area (Å²) >= 11 is 4.83. The highest BCUT2D eigenvalue weighted by atomic mass is 32.2. The van der Waals surface area contributed by atoms with E-state index in [2.05, 4.69) is 4.72 Å². The smallest absolute Gasteiger partial charge is 0.216 e. The highest BCUT2D eigenvalue weighted by molar-refractivity contribution is 7.88. The summed E-state index contributed by atoms with van der Waals surface area (Å²) in [6.45, 7) is 5.42. The molecule has 0 saturated carbocycles. The number of nitrogens with one attached hydrogen (secondary N) is 1. The molecule has 0 fully saturated rings. The van der Waals surface area contributed by atoms with Gasteiger partial charge in [-0.25, -0.2) is 13.1 Å². The van der Waals surface area contributed by atoms with E-state index in [1.165, 1.54) is 0 Å². The van der Waals surface area contributed by atoms with Crippen molar-refractivity contribution in [2.45, 2.75) is 32.1 Å². The van der Waals surface area contributed by atoms with Gasteiger partial charge < -0.3 is 5.73 Å². The van der Waals surface area contributed by atoms with Gasteiger partial charge in [0.05, 0.1) is 5.75 Å². The van der Waals surface area contributed by atoms with E-state index >= 15 is 0 Å². The van der Waals surface area contributed by atoms with Crippen LogP contribution < -0.4 is 10.5 Å². The van der Waals surface area contributed by atoms with Gasteiger partial charge in [-0.05, 0) is 26.3 Å². The topological polar surface area (TPSA) is 72.2 Å². The molecule has 0 heterocycles. The van der Waals surface area contributed by atoms with Crippen LogP contribution in [0, 0.1) is 0 Å². The predicted molar refractivity (Wildman–Crippen MR) is 77.8 cm³/mol. The molecule has 0 bridgehead atoms. The maximum Gasteiger partial charge on any atom is 0.216 e. The number of rotatable bonds is 4. The zero-order chi connectivity index (χ0) is 14.0. The average molecular weight is 286 g/mol. The number of hydrogen-bond acceptors (Lipinski definition) is 3. The SMILES string of the molecule is CC(C)(C)NS(=O)(=O)Cc1ccc(C(N)=S)cc1. The lowest BCUT2D eigenvalue weighted by Gasteiger charge is -2.20. The second-order valence-electron chi connectivity index (χ2n) is 5.17. The van der Waals surface area contributed by atoms with E-state index < -0.39 is 15.6 Å². The molecule has 1 rings (SSSR count). The van der Waals surface area contributed by atoms with Gasteiger partial charge >= 0.3 is 0 Å². The third-order valence-electron chi connectivity index (χ3n) is 2.06. The van der Waals surface area contributed by atoms with Crippen LogP contribution in [0.3, 0.4) is 0 Å². The van der Waals surface area contributed by atoms with Gasteiger partial charge in [0.2, 0.25) is 10.0 Å². The van der Waals surface area contributed by atoms with E-state index in [1.54, 1.807) is 45.0 Å². The summed E-state index contributed by atoms with van der Waals surface area (Å²) < 4.78 is 26.3. The van der Waals surface area contributed by atoms with Gasteiger partial charge in [-0.2, -0.15) is 0 Å². The maximum absolute atomic E-state index is 11.9. The molecule has 4 nitrogen and oxygen atoms in total. The Morgan fingerprint density at radius 2 is 1.78 bits per heavy atom. The Morgan fingerprint density at radius 1 is 1.28 bits per heavy atom. The first-order chi connectivity index (χ1) is 8.09. The minimum atomic E-state index is -3.34. The Morgan fingerprint density at radius 3 is 2.17 bits per heavy atom. The molecule has 1 aromatic carbocycles. The van der Waals surface area contributed by atoms with Gasteiger partial charge in [-0.1, -0.05) is 36.5 Å². The minimum Gasteiger partial charge on any atom is -0.389 e. The zero-order valence-electron chi connectivity index (χ0n) is 10.7. The van der Waals surface area contributed by atoms with Crippen molar-refractivity contribution < 1.29 is 8.42 Å². The second kappa shape index (κ2) is 5.34. The lowest BCUT2D eigenvalue weighted by molar-refractivity contribution is 0.491. The van der Waals surface area contributed by atoms with Crippen molar-refractivity contribution in [3.05, 3.63) is 35.4 Å². The van der Waals surface area contributed by atoms with E-state index in [0.29, 0.717) is 10.6 Å². The van der Waals surface area contributed by atoms with Crippen molar-refractivity contribution in [2.24, 2.45) is 5.73 Å². The summed E-state index contributed by atoms with van der Waals surface area (Å²) in [4.78, 5) is 0.303. The van der Waals surface area contributed by atoms with E-state index in [-0.39, 0.29) is 5.75 Å². The molecule has 0 aromatic heterocycles. The van der Waals surface area contributed by atoms with Crippen molar-refractivity contribution in [3.63, 3.8) is 0 Å². The van der Waals surface area contributed by atoms with Crippen molar-refractivity contribution in [3.8, 4) is 0 Å². The van der Waals surface area contributed by atoms with Crippen LogP contribution in [-0.4, -0.2) is 18.9 Å². The third-order valence-corrected chi connectivity index (χ3v) is 3.93. The first kappa shape index (κ1) is 15.1. The van der Waals surface area contributed by atoms with Gasteiger partial charge in [0.1, 0.15) is 4.99 Å². The Labute approximate surface area is 114 Å². The summed E-state index contributed by atoms with van der Waals surface area (Å²) in [5.74, 6) is -0.0537. The van der Waals surface area contributed by atoms with Gasteiger partial charge in [-0.3, -0.25) is 0 Å². The molecule has 0 saturated heterocycles. The minimum absolute atomic E-state index is 0.0537. The van der Waals surface area contributed by atoms with Crippen LogP contribution in [0.2, 0.25) is 0 Å². The predicted octanol–water partition coefficient (Wildman–Crippen LogP) is 1.54. The molecule has 0 unspecified atom stereocenters. The van der Waals surface area contributed by atoms with E-state index in [0.717, 1.165) is 5.56 Å². The third kappa shape index (κ3) is 5.12. The zero-order valence-corrected chi connectivity index (χ0v) is 12.4. The summed E-state index contributed by atoms with van der Waals surface area (Å²) in [7, 11) is -3.34. The van der Waals surface area contributed by atoms with Gasteiger partial charge in [0.25, 0.3) is 0 Å². The average Bonchev–Trinajstić information content (AvgIpc) is 2.13. The molecule has 0 radical (unpaired) electrons. The largest absolute Gasteiger partial charge is 0.389 e. The molecule has 0 aliphatic carbocycles. The van der Waals surface area contributed by atoms with Gasteiger partial charge in [-0.15, -0.1) is 0 Å². The molecule has 0 atom stereocenters. The van der Waals surface area contributed by atoms with E-state index in [9.17, 15) is 8.42 Å². The summed E-state index contributed by atoms with van der Waals surface area (Å²) in [6, 6.07) is 6.89. The Kier molecular flexibility index (Phi) is 4.47. The quantitative estimate of drug-likeness (QED) is 0.824. The molecule has 0 aliphatic rings. The highest BCUT2D eigenvalue weighted by Crippen LogP contribution is 2.10. The maximum atomic E-state index is 11.9. The second-order valence-corrected chi connectivity index (χ2v) is 7.33. The fraction of sp³-hybridized carbons (Fsp3) is 0.417. The first-order valence-corrected chi connectivity index (χ1v) is 7.55. The Balaban J connectivity index is 2.82. The lowest BCUT2D eigenvalue weighted by Crippen LogP contribution is -2.41. The van der Waals surface area contributed by atoms with Crippen LogP contribution in [-0.2, 0) is 15.8 Å². The van der Waals surface area contributed by atoms with Gasteiger partial charge in [0, 0.05) is 11.1 Å². The van der Waals surface area contributed by atoms with E-state index in [4.69, 9.17) is 18.0 Å². The van der Waals surface area contributed by atoms with Crippen molar-refractivity contribution >= 4 is 27.2 Å². The number of thiocarbonyl (C=S) groups is 1. The van der Waals surface area contributed by atoms with Crippen LogP contribution in [0.4, 0.5) is 0 Å². The highest BCUT2D eigenvalue weighted by Gasteiger charge is 2.20. The molecular formula is C12H18N2O2S2. The number of nitrogens with two attached hydrogens (primary N) is 1. The fourth-order valence-electron chi connectivity index (χ4n) is 1.49. The van der Waals surface area contributed by atoms with Crippen LogP contribution in [0.5, 0.6) is 0 Å². The Bertz CT molecular complexity index is 528. The molecule has 0 amide bonds. The fourth-order valence-corrected chi connectivity index (χ4v) is 3.26. The van der Waals surface area contributed by atoms with E-state index in [1.807, 2.05) is 0 Å². The van der Waals surface area contributed by atoms with Crippen LogP contribution in [0.15, 0.2) is 24.3 Å². The molecule has 100 valence electrons. The molecule has 6 heteroatoms. The molecule has 0 spiro atoms. The summed E-state index contributed by atoms with van der Waals surface area (Å²) in [5, 5.41) is 0. The Hall–Kier alpha value is -0.980. The monoisotopic (exact) mass is 286 g/mol.